The molecule has 0 aromatic heterocycles. The molecule has 0 saturated carbocycles. The summed E-state index contributed by atoms with van der Waals surface area (Å²) in [7, 11) is 0. The van der Waals surface area contributed by atoms with Gasteiger partial charge in [-0.05, 0) is 5.92 Å². The molecule has 0 amide bonds. The van der Waals surface area contributed by atoms with Gasteiger partial charge in [-0.1, -0.05) is 20.3 Å². The van der Waals surface area contributed by atoms with E-state index in [1.807, 2.05) is 6.92 Å². The molecule has 1 aliphatic heterocycles. The van der Waals surface area contributed by atoms with E-state index in [-0.39, 0.29) is 5.92 Å². The Hall–Kier alpha value is -1.92. The van der Waals surface area contributed by atoms with Crippen LogP contribution in [0, 0.1) is 11.8 Å². The summed E-state index contributed by atoms with van der Waals surface area (Å²) in [6.07, 6.45) is 1.62. The van der Waals surface area contributed by atoms with E-state index in [4.69, 9.17) is 14.6 Å². The molecule has 1 N–H and O–H groups in total. The number of carbonyl (C=O) groups is 3. The molecule has 0 unspecified atom stereocenters. The molecule has 0 radical (unpaired) electrons. The Labute approximate surface area is 117 Å². The van der Waals surface area contributed by atoms with Crippen molar-refractivity contribution < 1.29 is 29.0 Å². The number of carboxylic acids is 1. The van der Waals surface area contributed by atoms with Crippen LogP contribution in [0.4, 0.5) is 0 Å². The lowest BCUT2D eigenvalue weighted by Gasteiger charge is -2.31. The molecule has 0 spiro atoms. The maximum atomic E-state index is 11.7. The molecule has 1 heterocycles. The van der Waals surface area contributed by atoms with E-state index in [0.717, 1.165) is 6.21 Å². The highest BCUT2D eigenvalue weighted by Gasteiger charge is 2.42. The Morgan fingerprint density at radius 2 is 1.90 bits per heavy atom. The van der Waals surface area contributed by atoms with Gasteiger partial charge in [0.05, 0.1) is 0 Å². The van der Waals surface area contributed by atoms with Crippen LogP contribution in [-0.2, 0) is 23.9 Å². The molecule has 7 nitrogen and oxygen atoms in total. The predicted octanol–water partition coefficient (Wildman–Crippen LogP) is 1.01. The smallest absolute Gasteiger partial charge is 0.329 e. The van der Waals surface area contributed by atoms with Gasteiger partial charge < -0.3 is 14.6 Å². The Balaban J connectivity index is 2.85. The van der Waals surface area contributed by atoms with Gasteiger partial charge in [0.25, 0.3) is 5.79 Å². The van der Waals surface area contributed by atoms with E-state index in [1.54, 1.807) is 6.92 Å². The minimum atomic E-state index is -1.31. The molecule has 1 saturated heterocycles. The zero-order chi connectivity index (χ0) is 15.5. The van der Waals surface area contributed by atoms with E-state index >= 15 is 0 Å². The van der Waals surface area contributed by atoms with Crippen LogP contribution in [0.25, 0.3) is 0 Å². The van der Waals surface area contributed by atoms with Crippen LogP contribution in [0.1, 0.15) is 34.1 Å². The molecule has 0 aromatic carbocycles. The molecule has 7 heteroatoms. The average molecular weight is 285 g/mol. The van der Waals surface area contributed by atoms with Crippen molar-refractivity contribution in [3.63, 3.8) is 0 Å². The zero-order valence-corrected chi connectivity index (χ0v) is 12.0. The minimum Gasteiger partial charge on any atom is -0.480 e. The van der Waals surface area contributed by atoms with E-state index in [9.17, 15) is 14.4 Å². The normalized spacial score (nSPS) is 22.2. The lowest BCUT2D eigenvalue weighted by molar-refractivity contribution is -0.235. The van der Waals surface area contributed by atoms with Gasteiger partial charge in [-0.2, -0.15) is 0 Å². The molecule has 1 fully saturated rings. The summed E-state index contributed by atoms with van der Waals surface area (Å²) < 4.78 is 9.83. The van der Waals surface area contributed by atoms with Crippen LogP contribution in [0.3, 0.4) is 0 Å². The largest absolute Gasteiger partial charge is 0.480 e. The Morgan fingerprint density at radius 1 is 1.40 bits per heavy atom. The standard InChI is InChI=1S/C13H19NO6/c1-5-7(2)9(10(15)16)14-6-8-11(17)19-13(3,4)20-12(8)18/h6-9H,5H2,1-4H3,(H,15,16)/t7-,9-/m1/s1. The minimum absolute atomic E-state index is 0.212. The second-order valence-corrected chi connectivity index (χ2v) is 5.19. The predicted molar refractivity (Wildman–Crippen MR) is 69.1 cm³/mol. The van der Waals surface area contributed by atoms with Crippen LogP contribution in [0.5, 0.6) is 0 Å². The Kier molecular flexibility index (Phi) is 4.86. The number of cyclic esters (lactones) is 2. The van der Waals surface area contributed by atoms with Crippen molar-refractivity contribution in [1.82, 2.24) is 0 Å². The van der Waals surface area contributed by atoms with Gasteiger partial charge in [0.2, 0.25) is 0 Å². The second-order valence-electron chi connectivity index (χ2n) is 5.19. The molecule has 112 valence electrons. The van der Waals surface area contributed by atoms with E-state index in [1.165, 1.54) is 13.8 Å². The van der Waals surface area contributed by atoms with Crippen LogP contribution in [0.15, 0.2) is 4.99 Å². The van der Waals surface area contributed by atoms with E-state index in [0.29, 0.717) is 6.42 Å². The molecule has 0 aromatic rings. The van der Waals surface area contributed by atoms with Crippen molar-refractivity contribution >= 4 is 24.1 Å². The lowest BCUT2D eigenvalue weighted by Crippen LogP contribution is -2.47. The van der Waals surface area contributed by atoms with Crippen molar-refractivity contribution in [2.75, 3.05) is 0 Å². The number of ether oxygens (including phenoxy) is 2. The molecular formula is C13H19NO6. The summed E-state index contributed by atoms with van der Waals surface area (Å²) in [4.78, 5) is 38.3. The Morgan fingerprint density at radius 3 is 2.30 bits per heavy atom. The third-order valence-corrected chi connectivity index (χ3v) is 3.03. The van der Waals surface area contributed by atoms with Crippen molar-refractivity contribution in [2.24, 2.45) is 16.8 Å². The zero-order valence-electron chi connectivity index (χ0n) is 12.0. The molecule has 0 aliphatic carbocycles. The summed E-state index contributed by atoms with van der Waals surface area (Å²) >= 11 is 0. The van der Waals surface area contributed by atoms with Crippen LogP contribution in [0.2, 0.25) is 0 Å². The number of aliphatic imine (C=N–C) groups is 1. The molecule has 1 aliphatic rings. The number of nitrogens with zero attached hydrogens (tertiary/aromatic N) is 1. The first kappa shape index (κ1) is 16.1. The molecule has 1 rings (SSSR count). The first-order valence-corrected chi connectivity index (χ1v) is 6.39. The third-order valence-electron chi connectivity index (χ3n) is 3.03. The van der Waals surface area contributed by atoms with Crippen molar-refractivity contribution in [2.45, 2.75) is 45.9 Å². The number of carboxylic acid groups (broad SMARTS) is 1. The van der Waals surface area contributed by atoms with Crippen molar-refractivity contribution in [3.8, 4) is 0 Å². The first-order chi connectivity index (χ1) is 9.18. The maximum Gasteiger partial charge on any atom is 0.329 e. The number of hydrogen-bond donors (Lipinski definition) is 1. The van der Waals surface area contributed by atoms with Crippen LogP contribution >= 0.6 is 0 Å². The second kappa shape index (κ2) is 6.02. The van der Waals surface area contributed by atoms with E-state index in [2.05, 4.69) is 4.99 Å². The summed E-state index contributed by atoms with van der Waals surface area (Å²) in [5.41, 5.74) is 0. The number of aliphatic carboxylic acids is 1. The molecule has 20 heavy (non-hydrogen) atoms. The third kappa shape index (κ3) is 3.79. The van der Waals surface area contributed by atoms with Gasteiger partial charge in [-0.25, -0.2) is 4.79 Å². The number of rotatable bonds is 5. The monoisotopic (exact) mass is 285 g/mol. The fourth-order valence-corrected chi connectivity index (χ4v) is 1.71. The van der Waals surface area contributed by atoms with Gasteiger partial charge >= 0.3 is 17.9 Å². The quantitative estimate of drug-likeness (QED) is 0.459. The average Bonchev–Trinajstić information content (AvgIpc) is 2.30. The van der Waals surface area contributed by atoms with Gasteiger partial charge in [0.15, 0.2) is 5.92 Å². The van der Waals surface area contributed by atoms with E-state index < -0.39 is 35.7 Å². The molecule has 2 atom stereocenters. The lowest BCUT2D eigenvalue weighted by atomic mass is 9.99. The summed E-state index contributed by atoms with van der Waals surface area (Å²) in [6.45, 7) is 6.45. The number of esters is 2. The highest BCUT2D eigenvalue weighted by atomic mass is 16.7. The van der Waals surface area contributed by atoms with Crippen molar-refractivity contribution in [1.29, 1.82) is 0 Å². The van der Waals surface area contributed by atoms with Crippen LogP contribution < -0.4 is 0 Å². The highest BCUT2D eigenvalue weighted by Crippen LogP contribution is 2.22. The fraction of sp³-hybridized carbons (Fsp3) is 0.692. The highest BCUT2D eigenvalue weighted by molar-refractivity contribution is 6.10. The SMILES string of the molecule is CC[C@@H](C)[C@@H](N=CC1C(=O)OC(C)(C)OC1=O)C(=O)O. The Bertz CT molecular complexity index is 422. The van der Waals surface area contributed by atoms with Gasteiger partial charge in [0.1, 0.15) is 6.04 Å². The molecule has 0 bridgehead atoms. The summed E-state index contributed by atoms with van der Waals surface area (Å²) in [5, 5.41) is 9.07. The van der Waals surface area contributed by atoms with Crippen molar-refractivity contribution in [3.05, 3.63) is 0 Å². The summed E-state index contributed by atoms with van der Waals surface area (Å²) in [5.74, 6) is -5.51. The first-order valence-electron chi connectivity index (χ1n) is 6.39. The van der Waals surface area contributed by atoms with Crippen LogP contribution in [-0.4, -0.2) is 41.1 Å². The van der Waals surface area contributed by atoms with Gasteiger partial charge in [-0.3, -0.25) is 14.6 Å². The van der Waals surface area contributed by atoms with Gasteiger partial charge in [-0.15, -0.1) is 0 Å². The fourth-order valence-electron chi connectivity index (χ4n) is 1.71. The van der Waals surface area contributed by atoms with Gasteiger partial charge in [0, 0.05) is 20.1 Å². The topological polar surface area (TPSA) is 102 Å². The molecular weight excluding hydrogens is 266 g/mol. The maximum absolute atomic E-state index is 11.7. The number of hydrogen-bond acceptors (Lipinski definition) is 6. The summed E-state index contributed by atoms with van der Waals surface area (Å²) in [6, 6.07) is -1.00. The number of carbonyl (C=O) groups excluding carboxylic acids is 2.